The highest BCUT2D eigenvalue weighted by Crippen LogP contribution is 2.09. The van der Waals surface area contributed by atoms with Gasteiger partial charge in [0.2, 0.25) is 5.78 Å². The summed E-state index contributed by atoms with van der Waals surface area (Å²) in [4.78, 5) is 19.8. The molecule has 0 saturated heterocycles. The van der Waals surface area contributed by atoms with Gasteiger partial charge in [-0.25, -0.2) is 4.98 Å². The average molecular weight is 263 g/mol. The summed E-state index contributed by atoms with van der Waals surface area (Å²) in [6.45, 7) is 0. The van der Waals surface area contributed by atoms with Gasteiger partial charge < -0.3 is 0 Å². The van der Waals surface area contributed by atoms with Crippen molar-refractivity contribution < 1.29 is 4.79 Å². The average Bonchev–Trinajstić information content (AvgIpc) is 2.30. The van der Waals surface area contributed by atoms with Crippen molar-refractivity contribution in [3.05, 3.63) is 58.6 Å². The maximum absolute atomic E-state index is 11.8. The van der Waals surface area contributed by atoms with Crippen LogP contribution in [0.1, 0.15) is 16.1 Å². The second-order valence-corrected chi connectivity index (χ2v) is 3.73. The van der Waals surface area contributed by atoms with Gasteiger partial charge in [-0.05, 0) is 40.2 Å². The molecule has 0 amide bonds. The van der Waals surface area contributed by atoms with E-state index < -0.39 is 0 Å². The molecule has 2 aromatic rings. The minimum absolute atomic E-state index is 0.115. The third-order valence-electron chi connectivity index (χ3n) is 1.89. The van der Waals surface area contributed by atoms with Gasteiger partial charge in [0.05, 0.1) is 0 Å². The zero-order valence-electron chi connectivity index (χ0n) is 7.72. The first-order chi connectivity index (χ1) is 7.27. The molecule has 74 valence electrons. The standard InChI is InChI=1S/C11H7BrN2O/c12-10-5-4-8(7-14-10)11(15)9-3-1-2-6-13-9/h1-7H. The number of pyridine rings is 2. The molecule has 0 radical (unpaired) electrons. The Balaban J connectivity index is 2.33. The van der Waals surface area contributed by atoms with Crippen molar-refractivity contribution in [2.75, 3.05) is 0 Å². The molecule has 0 bridgehead atoms. The summed E-state index contributed by atoms with van der Waals surface area (Å²) in [5.41, 5.74) is 0.971. The van der Waals surface area contributed by atoms with E-state index in [1.165, 1.54) is 6.20 Å². The third kappa shape index (κ3) is 2.27. The molecular weight excluding hydrogens is 256 g/mol. The molecule has 0 spiro atoms. The first-order valence-corrected chi connectivity index (χ1v) is 5.14. The molecule has 2 aromatic heterocycles. The molecule has 4 heteroatoms. The lowest BCUT2D eigenvalue weighted by molar-refractivity contribution is 0.103. The van der Waals surface area contributed by atoms with E-state index >= 15 is 0 Å². The molecule has 3 nitrogen and oxygen atoms in total. The Labute approximate surface area is 95.3 Å². The Kier molecular flexibility index (Phi) is 2.87. The number of carbonyl (C=O) groups is 1. The van der Waals surface area contributed by atoms with Crippen LogP contribution in [0.4, 0.5) is 0 Å². The van der Waals surface area contributed by atoms with Gasteiger partial charge in [-0.1, -0.05) is 6.07 Å². The molecule has 2 heterocycles. The van der Waals surface area contributed by atoms with Gasteiger partial charge in [-0.2, -0.15) is 0 Å². The van der Waals surface area contributed by atoms with Crippen LogP contribution in [-0.4, -0.2) is 15.8 Å². The lowest BCUT2D eigenvalue weighted by atomic mass is 10.1. The highest BCUT2D eigenvalue weighted by molar-refractivity contribution is 9.10. The summed E-state index contributed by atoms with van der Waals surface area (Å²) in [5, 5.41) is 0. The minimum Gasteiger partial charge on any atom is -0.287 e. The van der Waals surface area contributed by atoms with Crippen LogP contribution in [0.15, 0.2) is 47.3 Å². The summed E-state index contributed by atoms with van der Waals surface area (Å²) in [5.74, 6) is -0.115. The van der Waals surface area contributed by atoms with Crippen molar-refractivity contribution >= 4 is 21.7 Å². The van der Waals surface area contributed by atoms with E-state index in [1.54, 1.807) is 36.5 Å². The SMILES string of the molecule is O=C(c1ccc(Br)nc1)c1ccccn1. The topological polar surface area (TPSA) is 42.9 Å². The summed E-state index contributed by atoms with van der Waals surface area (Å²) in [6, 6.07) is 8.69. The molecule has 0 N–H and O–H groups in total. The molecular formula is C11H7BrN2O. The molecule has 0 aliphatic heterocycles. The lowest BCUT2D eigenvalue weighted by Gasteiger charge is -1.99. The Morgan fingerprint density at radius 2 is 2.00 bits per heavy atom. The van der Waals surface area contributed by atoms with Crippen molar-refractivity contribution in [2.45, 2.75) is 0 Å². The smallest absolute Gasteiger partial charge is 0.212 e. The number of halogens is 1. The van der Waals surface area contributed by atoms with Crippen LogP contribution in [-0.2, 0) is 0 Å². The van der Waals surface area contributed by atoms with Gasteiger partial charge in [0, 0.05) is 18.0 Å². The minimum atomic E-state index is -0.115. The maximum atomic E-state index is 11.8. The summed E-state index contributed by atoms with van der Waals surface area (Å²) in [6.07, 6.45) is 3.13. The van der Waals surface area contributed by atoms with Crippen LogP contribution >= 0.6 is 15.9 Å². The van der Waals surface area contributed by atoms with E-state index in [-0.39, 0.29) is 5.78 Å². The fraction of sp³-hybridized carbons (Fsp3) is 0. The first-order valence-electron chi connectivity index (χ1n) is 4.34. The van der Waals surface area contributed by atoms with Crippen LogP contribution in [0.5, 0.6) is 0 Å². The van der Waals surface area contributed by atoms with E-state index in [2.05, 4.69) is 25.9 Å². The highest BCUT2D eigenvalue weighted by Gasteiger charge is 2.09. The van der Waals surface area contributed by atoms with E-state index in [4.69, 9.17) is 0 Å². The van der Waals surface area contributed by atoms with Crippen molar-refractivity contribution in [1.29, 1.82) is 0 Å². The van der Waals surface area contributed by atoms with Crippen LogP contribution in [0.3, 0.4) is 0 Å². The normalized spacial score (nSPS) is 9.93. The molecule has 0 saturated carbocycles. The van der Waals surface area contributed by atoms with Gasteiger partial charge in [0.25, 0.3) is 0 Å². The number of ketones is 1. The monoisotopic (exact) mass is 262 g/mol. The van der Waals surface area contributed by atoms with Crippen LogP contribution in [0, 0.1) is 0 Å². The molecule has 0 fully saturated rings. The third-order valence-corrected chi connectivity index (χ3v) is 2.36. The summed E-state index contributed by atoms with van der Waals surface area (Å²) in [7, 11) is 0. The highest BCUT2D eigenvalue weighted by atomic mass is 79.9. The predicted octanol–water partition coefficient (Wildman–Crippen LogP) is 2.47. The largest absolute Gasteiger partial charge is 0.287 e. The van der Waals surface area contributed by atoms with Crippen LogP contribution < -0.4 is 0 Å². The van der Waals surface area contributed by atoms with Crippen molar-refractivity contribution in [1.82, 2.24) is 9.97 Å². The number of rotatable bonds is 2. The Morgan fingerprint density at radius 3 is 2.60 bits per heavy atom. The van der Waals surface area contributed by atoms with E-state index in [9.17, 15) is 4.79 Å². The Morgan fingerprint density at radius 1 is 1.13 bits per heavy atom. The van der Waals surface area contributed by atoms with Crippen molar-refractivity contribution in [3.8, 4) is 0 Å². The first kappa shape index (κ1) is 9.98. The van der Waals surface area contributed by atoms with Crippen molar-refractivity contribution in [2.24, 2.45) is 0 Å². The predicted molar refractivity (Wildman–Crippen MR) is 59.6 cm³/mol. The fourth-order valence-electron chi connectivity index (χ4n) is 1.16. The van der Waals surface area contributed by atoms with Gasteiger partial charge in [0.15, 0.2) is 0 Å². The number of aromatic nitrogens is 2. The molecule has 0 aliphatic carbocycles. The second-order valence-electron chi connectivity index (χ2n) is 2.91. The number of hydrogen-bond donors (Lipinski definition) is 0. The fourth-order valence-corrected chi connectivity index (χ4v) is 1.39. The maximum Gasteiger partial charge on any atom is 0.212 e. The lowest BCUT2D eigenvalue weighted by Crippen LogP contribution is -2.03. The molecule has 0 aliphatic rings. The molecule has 0 unspecified atom stereocenters. The van der Waals surface area contributed by atoms with Crippen LogP contribution in [0.2, 0.25) is 0 Å². The summed E-state index contributed by atoms with van der Waals surface area (Å²) < 4.78 is 0.708. The van der Waals surface area contributed by atoms with E-state index in [1.807, 2.05) is 0 Å². The number of hydrogen-bond acceptors (Lipinski definition) is 3. The molecule has 2 rings (SSSR count). The van der Waals surface area contributed by atoms with Crippen molar-refractivity contribution in [3.63, 3.8) is 0 Å². The van der Waals surface area contributed by atoms with Gasteiger partial charge in [-0.3, -0.25) is 9.78 Å². The number of carbonyl (C=O) groups excluding carboxylic acids is 1. The zero-order chi connectivity index (χ0) is 10.7. The van der Waals surface area contributed by atoms with Gasteiger partial charge in [-0.15, -0.1) is 0 Å². The van der Waals surface area contributed by atoms with Gasteiger partial charge >= 0.3 is 0 Å². The van der Waals surface area contributed by atoms with E-state index in [0.29, 0.717) is 15.9 Å². The van der Waals surface area contributed by atoms with Crippen LogP contribution in [0.25, 0.3) is 0 Å². The molecule has 0 aromatic carbocycles. The second kappa shape index (κ2) is 4.31. The molecule has 15 heavy (non-hydrogen) atoms. The zero-order valence-corrected chi connectivity index (χ0v) is 9.31. The van der Waals surface area contributed by atoms with E-state index in [0.717, 1.165) is 0 Å². The number of nitrogens with zero attached hydrogens (tertiary/aromatic N) is 2. The Hall–Kier alpha value is -1.55. The quantitative estimate of drug-likeness (QED) is 0.617. The molecule has 0 atom stereocenters. The van der Waals surface area contributed by atoms with Gasteiger partial charge in [0.1, 0.15) is 10.3 Å². The summed E-state index contributed by atoms with van der Waals surface area (Å²) >= 11 is 3.21. The Bertz CT molecular complexity index is 468.